The third-order valence-corrected chi connectivity index (χ3v) is 3.65. The number of rotatable bonds is 3. The second kappa shape index (κ2) is 5.54. The van der Waals surface area contributed by atoms with Gasteiger partial charge in [0.2, 0.25) is 0 Å². The minimum atomic E-state index is 0.0740. The Morgan fingerprint density at radius 3 is 2.59 bits per heavy atom. The van der Waals surface area contributed by atoms with Crippen LogP contribution in [0.3, 0.4) is 0 Å². The Morgan fingerprint density at radius 1 is 1.24 bits per heavy atom. The number of benzene rings is 1. The molecule has 1 aliphatic rings. The van der Waals surface area contributed by atoms with E-state index >= 15 is 0 Å². The summed E-state index contributed by atoms with van der Waals surface area (Å²) in [5.74, 6) is 1.84. The minimum absolute atomic E-state index is 0.0740. The molecule has 17 heavy (non-hydrogen) atoms. The predicted molar refractivity (Wildman–Crippen MR) is 71.1 cm³/mol. The van der Waals surface area contributed by atoms with Crippen LogP contribution < -0.4 is 10.5 Å². The molecule has 0 aliphatic heterocycles. The highest BCUT2D eigenvalue weighted by molar-refractivity contribution is 5.30. The van der Waals surface area contributed by atoms with Gasteiger partial charge in [0, 0.05) is 6.04 Å². The maximum Gasteiger partial charge on any atom is 0.120 e. The van der Waals surface area contributed by atoms with Gasteiger partial charge in [-0.25, -0.2) is 0 Å². The van der Waals surface area contributed by atoms with E-state index in [-0.39, 0.29) is 6.04 Å². The van der Waals surface area contributed by atoms with Gasteiger partial charge < -0.3 is 10.5 Å². The number of hydrogen-bond donors (Lipinski definition) is 1. The van der Waals surface area contributed by atoms with E-state index in [1.54, 1.807) is 0 Å². The third kappa shape index (κ3) is 3.47. The summed E-state index contributed by atoms with van der Waals surface area (Å²) in [4.78, 5) is 0. The fourth-order valence-electron chi connectivity index (χ4n) is 2.41. The lowest BCUT2D eigenvalue weighted by Gasteiger charge is -2.27. The van der Waals surface area contributed by atoms with Crippen LogP contribution >= 0.6 is 0 Å². The van der Waals surface area contributed by atoms with Gasteiger partial charge in [0.05, 0.1) is 6.10 Å². The molecule has 1 atom stereocenters. The van der Waals surface area contributed by atoms with Gasteiger partial charge in [-0.15, -0.1) is 0 Å². The quantitative estimate of drug-likeness (QED) is 0.864. The second-order valence-electron chi connectivity index (χ2n) is 5.36. The van der Waals surface area contributed by atoms with E-state index in [1.807, 2.05) is 19.1 Å². The Bertz CT molecular complexity index is 354. The first kappa shape index (κ1) is 12.4. The molecule has 0 spiro atoms. The molecule has 0 bridgehead atoms. The van der Waals surface area contributed by atoms with Gasteiger partial charge >= 0.3 is 0 Å². The standard InChI is InChI=1S/C15H23NO/c1-11-6-8-14(9-7-11)17-15-5-3-4-13(10-15)12(2)16/h3-5,10-12,14H,6-9,16H2,1-2H3/t11?,12-,14?/m1/s1. The van der Waals surface area contributed by atoms with Crippen LogP contribution in [0, 0.1) is 5.92 Å². The summed E-state index contributed by atoms with van der Waals surface area (Å²) in [6.45, 7) is 4.33. The van der Waals surface area contributed by atoms with Gasteiger partial charge in [0.1, 0.15) is 5.75 Å². The third-order valence-electron chi connectivity index (χ3n) is 3.65. The fraction of sp³-hybridized carbons (Fsp3) is 0.600. The van der Waals surface area contributed by atoms with Crippen molar-refractivity contribution in [2.24, 2.45) is 11.7 Å². The molecule has 1 aromatic carbocycles. The highest BCUT2D eigenvalue weighted by atomic mass is 16.5. The van der Waals surface area contributed by atoms with Crippen molar-refractivity contribution in [1.82, 2.24) is 0 Å². The van der Waals surface area contributed by atoms with Gasteiger partial charge in [-0.1, -0.05) is 19.1 Å². The Balaban J connectivity index is 1.96. The average Bonchev–Trinajstić information content (AvgIpc) is 2.32. The maximum absolute atomic E-state index is 6.04. The molecular weight excluding hydrogens is 210 g/mol. The number of ether oxygens (including phenoxy) is 1. The summed E-state index contributed by atoms with van der Waals surface area (Å²) in [5.41, 5.74) is 7.02. The monoisotopic (exact) mass is 233 g/mol. The zero-order valence-corrected chi connectivity index (χ0v) is 10.9. The van der Waals surface area contributed by atoms with Gasteiger partial charge in [-0.05, 0) is 56.2 Å². The van der Waals surface area contributed by atoms with Crippen molar-refractivity contribution in [1.29, 1.82) is 0 Å². The molecule has 1 saturated carbocycles. The lowest BCUT2D eigenvalue weighted by atomic mass is 9.89. The Labute approximate surface area is 104 Å². The fourth-order valence-corrected chi connectivity index (χ4v) is 2.41. The molecule has 0 unspecified atom stereocenters. The molecule has 2 nitrogen and oxygen atoms in total. The van der Waals surface area contributed by atoms with E-state index in [0.29, 0.717) is 6.10 Å². The van der Waals surface area contributed by atoms with Crippen molar-refractivity contribution in [3.8, 4) is 5.75 Å². The zero-order valence-electron chi connectivity index (χ0n) is 10.9. The predicted octanol–water partition coefficient (Wildman–Crippen LogP) is 3.66. The molecule has 0 radical (unpaired) electrons. The van der Waals surface area contributed by atoms with Crippen molar-refractivity contribution in [3.05, 3.63) is 29.8 Å². The van der Waals surface area contributed by atoms with Crippen LogP contribution in [0.25, 0.3) is 0 Å². The molecule has 2 heteroatoms. The van der Waals surface area contributed by atoms with E-state index in [2.05, 4.69) is 19.1 Å². The van der Waals surface area contributed by atoms with E-state index in [1.165, 1.54) is 25.7 Å². The molecule has 2 rings (SSSR count). The summed E-state index contributed by atoms with van der Waals surface area (Å²) < 4.78 is 6.04. The first-order chi connectivity index (χ1) is 8.15. The molecule has 0 heterocycles. The summed E-state index contributed by atoms with van der Waals surface area (Å²) >= 11 is 0. The first-order valence-electron chi connectivity index (χ1n) is 6.67. The summed E-state index contributed by atoms with van der Waals surface area (Å²) in [6, 6.07) is 8.26. The largest absolute Gasteiger partial charge is 0.490 e. The lowest BCUT2D eigenvalue weighted by molar-refractivity contribution is 0.135. The molecule has 94 valence electrons. The molecule has 2 N–H and O–H groups in total. The van der Waals surface area contributed by atoms with E-state index in [4.69, 9.17) is 10.5 Å². The van der Waals surface area contributed by atoms with Gasteiger partial charge in [0.15, 0.2) is 0 Å². The van der Waals surface area contributed by atoms with Crippen LogP contribution in [0.15, 0.2) is 24.3 Å². The highest BCUT2D eigenvalue weighted by Gasteiger charge is 2.19. The van der Waals surface area contributed by atoms with Gasteiger partial charge in [-0.3, -0.25) is 0 Å². The van der Waals surface area contributed by atoms with Crippen LogP contribution in [-0.2, 0) is 0 Å². The van der Waals surface area contributed by atoms with E-state index < -0.39 is 0 Å². The van der Waals surface area contributed by atoms with Crippen molar-refractivity contribution in [2.75, 3.05) is 0 Å². The Kier molecular flexibility index (Phi) is 4.06. The van der Waals surface area contributed by atoms with Crippen molar-refractivity contribution in [3.63, 3.8) is 0 Å². The lowest BCUT2D eigenvalue weighted by Crippen LogP contribution is -2.23. The zero-order chi connectivity index (χ0) is 12.3. The molecule has 1 aliphatic carbocycles. The molecular formula is C15H23NO. The highest BCUT2D eigenvalue weighted by Crippen LogP contribution is 2.27. The van der Waals surface area contributed by atoms with Gasteiger partial charge in [0.25, 0.3) is 0 Å². The van der Waals surface area contributed by atoms with E-state index in [9.17, 15) is 0 Å². The van der Waals surface area contributed by atoms with Crippen molar-refractivity contribution < 1.29 is 4.74 Å². The molecule has 0 aromatic heterocycles. The van der Waals surface area contributed by atoms with Crippen molar-refractivity contribution >= 4 is 0 Å². The van der Waals surface area contributed by atoms with E-state index in [0.717, 1.165) is 17.2 Å². The van der Waals surface area contributed by atoms with Crippen LogP contribution in [0.4, 0.5) is 0 Å². The number of hydrogen-bond acceptors (Lipinski definition) is 2. The Morgan fingerprint density at radius 2 is 1.94 bits per heavy atom. The van der Waals surface area contributed by atoms with Crippen LogP contribution in [0.5, 0.6) is 5.75 Å². The molecule has 0 saturated heterocycles. The Hall–Kier alpha value is -1.02. The normalized spacial score (nSPS) is 26.5. The maximum atomic E-state index is 6.04. The van der Waals surface area contributed by atoms with Crippen LogP contribution in [0.1, 0.15) is 51.1 Å². The second-order valence-corrected chi connectivity index (χ2v) is 5.36. The minimum Gasteiger partial charge on any atom is -0.490 e. The molecule has 1 fully saturated rings. The topological polar surface area (TPSA) is 35.2 Å². The van der Waals surface area contributed by atoms with Crippen LogP contribution in [-0.4, -0.2) is 6.10 Å². The summed E-state index contributed by atoms with van der Waals surface area (Å²) in [6.07, 6.45) is 5.34. The number of nitrogens with two attached hydrogens (primary N) is 1. The molecule has 1 aromatic rings. The molecule has 0 amide bonds. The van der Waals surface area contributed by atoms with Crippen LogP contribution in [0.2, 0.25) is 0 Å². The first-order valence-corrected chi connectivity index (χ1v) is 6.67. The SMILES string of the molecule is CC1CCC(Oc2cccc([C@@H](C)N)c2)CC1. The average molecular weight is 233 g/mol. The smallest absolute Gasteiger partial charge is 0.120 e. The summed E-state index contributed by atoms with van der Waals surface area (Å²) in [5, 5.41) is 0. The van der Waals surface area contributed by atoms with Gasteiger partial charge in [-0.2, -0.15) is 0 Å². The van der Waals surface area contributed by atoms with Crippen molar-refractivity contribution in [2.45, 2.75) is 51.7 Å². The summed E-state index contributed by atoms with van der Waals surface area (Å²) in [7, 11) is 0.